The van der Waals surface area contributed by atoms with Crippen molar-refractivity contribution in [2.75, 3.05) is 5.32 Å². The molecule has 0 fully saturated rings. The number of hydrogen-bond donors (Lipinski definition) is 1. The Morgan fingerprint density at radius 2 is 1.95 bits per heavy atom. The zero-order valence-electron chi connectivity index (χ0n) is 10.6. The van der Waals surface area contributed by atoms with E-state index >= 15 is 0 Å². The third kappa shape index (κ3) is 3.46. The monoisotopic (exact) mass is 368 g/mol. The van der Waals surface area contributed by atoms with E-state index in [0.717, 1.165) is 15.7 Å². The van der Waals surface area contributed by atoms with Crippen molar-refractivity contribution in [1.29, 1.82) is 5.26 Å². The van der Waals surface area contributed by atoms with Crippen molar-refractivity contribution in [2.24, 2.45) is 0 Å². The van der Waals surface area contributed by atoms with Gasteiger partial charge in [-0.1, -0.05) is 29.3 Å². The van der Waals surface area contributed by atoms with Crippen LogP contribution >= 0.6 is 39.1 Å². The molecule has 102 valence electrons. The summed E-state index contributed by atoms with van der Waals surface area (Å²) in [7, 11) is 0. The van der Waals surface area contributed by atoms with Crippen LogP contribution in [-0.4, -0.2) is 0 Å². The number of anilines is 1. The number of nitriles is 1. The molecule has 1 unspecified atom stereocenters. The smallest absolute Gasteiger partial charge is 0.100 e. The molecule has 0 spiro atoms. The zero-order chi connectivity index (χ0) is 14.7. The van der Waals surface area contributed by atoms with Gasteiger partial charge in [-0.2, -0.15) is 5.26 Å². The molecule has 0 aliphatic heterocycles. The fourth-order valence-electron chi connectivity index (χ4n) is 1.88. The topological polar surface area (TPSA) is 35.8 Å². The van der Waals surface area contributed by atoms with Crippen LogP contribution in [0.15, 0.2) is 40.9 Å². The number of rotatable bonds is 3. The molecule has 0 saturated carbocycles. The second kappa shape index (κ2) is 6.49. The summed E-state index contributed by atoms with van der Waals surface area (Å²) in [6.07, 6.45) is 0. The molecule has 20 heavy (non-hydrogen) atoms. The summed E-state index contributed by atoms with van der Waals surface area (Å²) < 4.78 is 0.763. The zero-order valence-corrected chi connectivity index (χ0v) is 13.7. The molecule has 2 rings (SSSR count). The minimum Gasteiger partial charge on any atom is -0.378 e. The molecule has 0 radical (unpaired) electrons. The molecule has 0 aliphatic carbocycles. The molecule has 0 amide bonds. The van der Waals surface area contributed by atoms with Gasteiger partial charge in [0.2, 0.25) is 0 Å². The molecule has 1 N–H and O–H groups in total. The first-order chi connectivity index (χ1) is 9.51. The van der Waals surface area contributed by atoms with E-state index < -0.39 is 0 Å². The van der Waals surface area contributed by atoms with Crippen molar-refractivity contribution in [3.63, 3.8) is 0 Å². The van der Waals surface area contributed by atoms with Crippen LogP contribution in [0, 0.1) is 11.3 Å². The van der Waals surface area contributed by atoms with Crippen LogP contribution in [0.25, 0.3) is 0 Å². The normalized spacial score (nSPS) is 11.8. The van der Waals surface area contributed by atoms with Crippen LogP contribution in [0.2, 0.25) is 10.0 Å². The summed E-state index contributed by atoms with van der Waals surface area (Å²) in [5.74, 6) is 0. The number of hydrogen-bond acceptors (Lipinski definition) is 2. The van der Waals surface area contributed by atoms with E-state index in [1.807, 2.05) is 31.2 Å². The Kier molecular flexibility index (Phi) is 4.93. The first kappa shape index (κ1) is 15.2. The lowest BCUT2D eigenvalue weighted by Crippen LogP contribution is -2.07. The second-order valence-electron chi connectivity index (χ2n) is 4.34. The predicted octanol–water partition coefficient (Wildman–Crippen LogP) is 5.80. The first-order valence-electron chi connectivity index (χ1n) is 5.92. The Bertz CT molecular complexity index is 680. The van der Waals surface area contributed by atoms with Gasteiger partial charge in [0, 0.05) is 26.2 Å². The van der Waals surface area contributed by atoms with Crippen LogP contribution in [0.3, 0.4) is 0 Å². The van der Waals surface area contributed by atoms with Gasteiger partial charge in [-0.05, 0) is 58.7 Å². The molecular weight excluding hydrogens is 359 g/mol. The van der Waals surface area contributed by atoms with Gasteiger partial charge in [-0.25, -0.2) is 0 Å². The number of nitrogens with zero attached hydrogens (tertiary/aromatic N) is 1. The Labute approximate surface area is 136 Å². The first-order valence-corrected chi connectivity index (χ1v) is 7.47. The van der Waals surface area contributed by atoms with Gasteiger partial charge in [0.1, 0.15) is 6.07 Å². The van der Waals surface area contributed by atoms with Gasteiger partial charge >= 0.3 is 0 Å². The highest BCUT2D eigenvalue weighted by atomic mass is 79.9. The number of benzene rings is 2. The molecule has 0 bridgehead atoms. The van der Waals surface area contributed by atoms with Crippen LogP contribution in [0.5, 0.6) is 0 Å². The van der Waals surface area contributed by atoms with Gasteiger partial charge < -0.3 is 5.32 Å². The van der Waals surface area contributed by atoms with Gasteiger partial charge in [0.25, 0.3) is 0 Å². The summed E-state index contributed by atoms with van der Waals surface area (Å²) in [4.78, 5) is 0. The molecule has 5 heteroatoms. The molecule has 1 atom stereocenters. The van der Waals surface area contributed by atoms with E-state index in [9.17, 15) is 0 Å². The Balaban J connectivity index is 2.21. The second-order valence-corrected chi connectivity index (χ2v) is 6.04. The SMILES string of the molecule is CC(Nc1ccc(C#N)c(Br)c1)c1ccc(Cl)cc1Cl. The van der Waals surface area contributed by atoms with Crippen molar-refractivity contribution < 1.29 is 0 Å². The highest BCUT2D eigenvalue weighted by Gasteiger charge is 2.10. The van der Waals surface area contributed by atoms with Crippen molar-refractivity contribution in [2.45, 2.75) is 13.0 Å². The van der Waals surface area contributed by atoms with Gasteiger partial charge in [-0.15, -0.1) is 0 Å². The van der Waals surface area contributed by atoms with Gasteiger partial charge in [0.15, 0.2) is 0 Å². The predicted molar refractivity (Wildman–Crippen MR) is 87.4 cm³/mol. The van der Waals surface area contributed by atoms with E-state index in [4.69, 9.17) is 28.5 Å². The van der Waals surface area contributed by atoms with Crippen LogP contribution < -0.4 is 5.32 Å². The summed E-state index contributed by atoms with van der Waals surface area (Å²) >= 11 is 15.5. The van der Waals surface area contributed by atoms with Crippen LogP contribution in [0.1, 0.15) is 24.1 Å². The fourth-order valence-corrected chi connectivity index (χ4v) is 2.92. The third-order valence-corrected chi connectivity index (χ3v) is 4.12. The Hall–Kier alpha value is -1.21. The lowest BCUT2D eigenvalue weighted by Gasteiger charge is -2.17. The summed E-state index contributed by atoms with van der Waals surface area (Å²) in [5.41, 5.74) is 2.48. The lowest BCUT2D eigenvalue weighted by atomic mass is 10.1. The molecule has 0 aliphatic rings. The van der Waals surface area contributed by atoms with Crippen molar-refractivity contribution in [3.8, 4) is 6.07 Å². The third-order valence-electron chi connectivity index (χ3n) is 2.90. The van der Waals surface area contributed by atoms with Crippen molar-refractivity contribution in [1.82, 2.24) is 0 Å². The molecule has 0 saturated heterocycles. The van der Waals surface area contributed by atoms with Crippen molar-refractivity contribution >= 4 is 44.8 Å². The minimum atomic E-state index is 0.0274. The molecule has 2 nitrogen and oxygen atoms in total. The average Bonchev–Trinajstić information content (AvgIpc) is 2.38. The summed E-state index contributed by atoms with van der Waals surface area (Å²) in [6.45, 7) is 2.02. The Morgan fingerprint density at radius 3 is 2.55 bits per heavy atom. The van der Waals surface area contributed by atoms with E-state index in [0.29, 0.717) is 15.6 Å². The van der Waals surface area contributed by atoms with E-state index in [2.05, 4.69) is 27.3 Å². The molecule has 2 aromatic rings. The molecular formula is C15H11BrCl2N2. The standard InChI is InChI=1S/C15H11BrCl2N2/c1-9(13-5-3-11(17)6-15(13)18)20-12-4-2-10(8-19)14(16)7-12/h2-7,9,20H,1H3. The maximum Gasteiger partial charge on any atom is 0.100 e. The Morgan fingerprint density at radius 1 is 1.20 bits per heavy atom. The maximum atomic E-state index is 8.90. The van der Waals surface area contributed by atoms with Gasteiger partial charge in [0.05, 0.1) is 5.56 Å². The number of halogens is 3. The lowest BCUT2D eigenvalue weighted by molar-refractivity contribution is 0.885. The summed E-state index contributed by atoms with van der Waals surface area (Å²) in [6, 6.07) is 13.1. The minimum absolute atomic E-state index is 0.0274. The highest BCUT2D eigenvalue weighted by Crippen LogP contribution is 2.29. The van der Waals surface area contributed by atoms with Gasteiger partial charge in [-0.3, -0.25) is 0 Å². The number of nitrogens with one attached hydrogen (secondary N) is 1. The summed E-state index contributed by atoms with van der Waals surface area (Å²) in [5, 5.41) is 13.5. The quantitative estimate of drug-likeness (QED) is 0.741. The van der Waals surface area contributed by atoms with E-state index in [1.54, 1.807) is 12.1 Å². The maximum absolute atomic E-state index is 8.90. The molecule has 0 heterocycles. The molecule has 2 aromatic carbocycles. The average molecular weight is 370 g/mol. The fraction of sp³-hybridized carbons (Fsp3) is 0.133. The van der Waals surface area contributed by atoms with E-state index in [1.165, 1.54) is 0 Å². The van der Waals surface area contributed by atoms with Crippen molar-refractivity contribution in [3.05, 3.63) is 62.0 Å². The van der Waals surface area contributed by atoms with E-state index in [-0.39, 0.29) is 6.04 Å². The van der Waals surface area contributed by atoms with Crippen LogP contribution in [0.4, 0.5) is 5.69 Å². The van der Waals surface area contributed by atoms with Crippen LogP contribution in [-0.2, 0) is 0 Å². The molecule has 0 aromatic heterocycles. The largest absolute Gasteiger partial charge is 0.378 e. The highest BCUT2D eigenvalue weighted by molar-refractivity contribution is 9.10.